The van der Waals surface area contributed by atoms with Gasteiger partial charge in [0.15, 0.2) is 5.17 Å². The number of benzene rings is 1. The highest BCUT2D eigenvalue weighted by Crippen LogP contribution is 2.22. The van der Waals surface area contributed by atoms with Gasteiger partial charge in [-0.3, -0.25) is 0 Å². The van der Waals surface area contributed by atoms with Crippen LogP contribution < -0.4 is 0 Å². The SMILES string of the molecule is CN(C)C(=S)S/C(=N\c1cccc(O)c1)N(C)C.Cl. The molecular formula is C12H18ClN3OS2. The molecule has 0 radical (unpaired) electrons. The smallest absolute Gasteiger partial charge is 0.170 e. The standard InChI is InChI=1S/C12H17N3OS2.ClH/c1-14(2)11(18-12(17)15(3)4)13-9-6-5-7-10(16)8-9;/h5-8,16H,1-4H3;1H/b13-11-;. The Morgan fingerprint density at radius 2 is 1.84 bits per heavy atom. The summed E-state index contributed by atoms with van der Waals surface area (Å²) in [4.78, 5) is 8.23. The second-order valence-electron chi connectivity index (χ2n) is 4.07. The Balaban J connectivity index is 0.00000324. The van der Waals surface area contributed by atoms with E-state index in [2.05, 4.69) is 4.99 Å². The minimum Gasteiger partial charge on any atom is -0.508 e. The first-order valence-electron chi connectivity index (χ1n) is 5.34. The van der Waals surface area contributed by atoms with Crippen molar-refractivity contribution in [3.8, 4) is 5.75 Å². The maximum Gasteiger partial charge on any atom is 0.170 e. The third-order valence-corrected chi connectivity index (χ3v) is 3.77. The monoisotopic (exact) mass is 319 g/mol. The first-order chi connectivity index (χ1) is 8.40. The zero-order valence-electron chi connectivity index (χ0n) is 11.3. The summed E-state index contributed by atoms with van der Waals surface area (Å²) in [6.45, 7) is 0. The zero-order chi connectivity index (χ0) is 13.7. The highest BCUT2D eigenvalue weighted by molar-refractivity contribution is 8.32. The summed E-state index contributed by atoms with van der Waals surface area (Å²) in [6.07, 6.45) is 0. The van der Waals surface area contributed by atoms with E-state index in [9.17, 15) is 5.11 Å². The molecule has 0 fully saturated rings. The lowest BCUT2D eigenvalue weighted by Gasteiger charge is -2.18. The molecule has 1 rings (SSSR count). The molecule has 19 heavy (non-hydrogen) atoms. The predicted octanol–water partition coefficient (Wildman–Crippen LogP) is 2.94. The van der Waals surface area contributed by atoms with Crippen LogP contribution in [0.3, 0.4) is 0 Å². The van der Waals surface area contributed by atoms with Crippen LogP contribution in [0.2, 0.25) is 0 Å². The van der Waals surface area contributed by atoms with Gasteiger partial charge in [-0.2, -0.15) is 0 Å². The van der Waals surface area contributed by atoms with Gasteiger partial charge in [0.1, 0.15) is 10.1 Å². The van der Waals surface area contributed by atoms with Crippen LogP contribution in [0.25, 0.3) is 0 Å². The molecule has 0 atom stereocenters. The summed E-state index contributed by atoms with van der Waals surface area (Å²) in [5, 5.41) is 10.2. The predicted molar refractivity (Wildman–Crippen MR) is 90.0 cm³/mol. The molecule has 0 aliphatic heterocycles. The molecule has 106 valence electrons. The summed E-state index contributed by atoms with van der Waals surface area (Å²) >= 11 is 6.66. The van der Waals surface area contributed by atoms with Crippen molar-refractivity contribution < 1.29 is 5.11 Å². The Kier molecular flexibility index (Phi) is 7.82. The molecule has 0 bridgehead atoms. The molecule has 0 saturated carbocycles. The molecule has 1 N–H and O–H groups in total. The van der Waals surface area contributed by atoms with Crippen molar-refractivity contribution in [1.82, 2.24) is 9.80 Å². The van der Waals surface area contributed by atoms with Gasteiger partial charge in [0.2, 0.25) is 0 Å². The number of halogens is 1. The highest BCUT2D eigenvalue weighted by atomic mass is 35.5. The summed E-state index contributed by atoms with van der Waals surface area (Å²) in [6, 6.07) is 6.83. The van der Waals surface area contributed by atoms with Crippen LogP contribution in [0.5, 0.6) is 5.75 Å². The average Bonchev–Trinajstić information content (AvgIpc) is 2.27. The number of thioether (sulfide) groups is 1. The number of thiocarbonyl (C=S) groups is 1. The van der Waals surface area contributed by atoms with E-state index in [0.717, 1.165) is 9.49 Å². The van der Waals surface area contributed by atoms with Crippen molar-refractivity contribution >= 4 is 51.6 Å². The summed E-state index contributed by atoms with van der Waals surface area (Å²) < 4.78 is 0.739. The maximum atomic E-state index is 9.41. The van der Waals surface area contributed by atoms with Crippen molar-refractivity contribution in [2.45, 2.75) is 0 Å². The number of phenolic OH excluding ortho intramolecular Hbond substituents is 1. The van der Waals surface area contributed by atoms with E-state index in [4.69, 9.17) is 12.2 Å². The van der Waals surface area contributed by atoms with Gasteiger partial charge in [-0.25, -0.2) is 4.99 Å². The average molecular weight is 320 g/mol. The Morgan fingerprint density at radius 3 is 2.32 bits per heavy atom. The number of nitrogens with zero attached hydrogens (tertiary/aromatic N) is 3. The van der Waals surface area contributed by atoms with Gasteiger partial charge in [-0.05, 0) is 23.9 Å². The van der Waals surface area contributed by atoms with E-state index in [-0.39, 0.29) is 18.2 Å². The van der Waals surface area contributed by atoms with E-state index >= 15 is 0 Å². The Morgan fingerprint density at radius 1 is 1.21 bits per heavy atom. The first kappa shape index (κ1) is 18.0. The molecule has 1 aromatic carbocycles. The Bertz CT molecular complexity index is 464. The molecule has 7 heteroatoms. The van der Waals surface area contributed by atoms with Crippen LogP contribution in [-0.4, -0.2) is 52.6 Å². The number of hydrogen-bond donors (Lipinski definition) is 1. The van der Waals surface area contributed by atoms with Crippen molar-refractivity contribution in [2.24, 2.45) is 4.99 Å². The molecule has 0 aromatic heterocycles. The molecule has 0 spiro atoms. The fourth-order valence-corrected chi connectivity index (χ4v) is 1.95. The van der Waals surface area contributed by atoms with E-state index in [0.29, 0.717) is 5.69 Å². The van der Waals surface area contributed by atoms with Crippen molar-refractivity contribution in [3.63, 3.8) is 0 Å². The third kappa shape index (κ3) is 6.13. The molecule has 0 amide bonds. The van der Waals surface area contributed by atoms with E-state index in [1.165, 1.54) is 11.8 Å². The van der Waals surface area contributed by atoms with Crippen LogP contribution in [0.4, 0.5) is 5.69 Å². The molecule has 4 nitrogen and oxygen atoms in total. The highest BCUT2D eigenvalue weighted by Gasteiger charge is 2.09. The number of rotatable bonds is 1. The van der Waals surface area contributed by atoms with Crippen molar-refractivity contribution in [2.75, 3.05) is 28.2 Å². The minimum atomic E-state index is 0. The molecule has 1 aromatic rings. The van der Waals surface area contributed by atoms with Crippen LogP contribution in [-0.2, 0) is 0 Å². The van der Waals surface area contributed by atoms with Gasteiger partial charge in [0.25, 0.3) is 0 Å². The van der Waals surface area contributed by atoms with Gasteiger partial charge in [-0.1, -0.05) is 18.3 Å². The lowest BCUT2D eigenvalue weighted by Crippen LogP contribution is -2.24. The van der Waals surface area contributed by atoms with Crippen molar-refractivity contribution in [1.29, 1.82) is 0 Å². The fraction of sp³-hybridized carbons (Fsp3) is 0.333. The van der Waals surface area contributed by atoms with Crippen LogP contribution in [0.15, 0.2) is 29.3 Å². The van der Waals surface area contributed by atoms with Gasteiger partial charge >= 0.3 is 0 Å². The fourth-order valence-electron chi connectivity index (χ4n) is 1.06. The number of hydrogen-bond acceptors (Lipinski definition) is 4. The van der Waals surface area contributed by atoms with E-state index in [1.54, 1.807) is 18.2 Å². The number of aliphatic imine (C=N–C) groups is 1. The minimum absolute atomic E-state index is 0. The third-order valence-electron chi connectivity index (χ3n) is 1.98. The molecule has 0 saturated heterocycles. The van der Waals surface area contributed by atoms with Gasteiger partial charge in [-0.15, -0.1) is 12.4 Å². The number of aromatic hydroxyl groups is 1. The number of amidine groups is 1. The van der Waals surface area contributed by atoms with E-state index < -0.39 is 0 Å². The number of phenols is 1. The first-order valence-corrected chi connectivity index (χ1v) is 6.57. The lowest BCUT2D eigenvalue weighted by atomic mass is 10.3. The van der Waals surface area contributed by atoms with Gasteiger partial charge in [0, 0.05) is 34.3 Å². The maximum absolute atomic E-state index is 9.41. The van der Waals surface area contributed by atoms with Crippen LogP contribution in [0.1, 0.15) is 0 Å². The largest absolute Gasteiger partial charge is 0.508 e. The summed E-state index contributed by atoms with van der Waals surface area (Å²) in [7, 11) is 7.62. The summed E-state index contributed by atoms with van der Waals surface area (Å²) in [5.41, 5.74) is 0.702. The van der Waals surface area contributed by atoms with Gasteiger partial charge in [0.05, 0.1) is 5.69 Å². The molecule has 0 heterocycles. The molecule has 0 aliphatic rings. The normalized spacial score (nSPS) is 10.6. The molecule has 0 aliphatic carbocycles. The van der Waals surface area contributed by atoms with E-state index in [1.807, 2.05) is 44.1 Å². The lowest BCUT2D eigenvalue weighted by molar-refractivity contribution is 0.475. The van der Waals surface area contributed by atoms with Crippen molar-refractivity contribution in [3.05, 3.63) is 24.3 Å². The second kappa shape index (κ2) is 8.24. The molecular weight excluding hydrogens is 302 g/mol. The Hall–Kier alpha value is -0.980. The Labute approximate surface area is 129 Å². The quantitative estimate of drug-likeness (QED) is 0.489. The summed E-state index contributed by atoms with van der Waals surface area (Å²) in [5.74, 6) is 0.203. The van der Waals surface area contributed by atoms with Gasteiger partial charge < -0.3 is 14.9 Å². The van der Waals surface area contributed by atoms with Crippen LogP contribution >= 0.6 is 36.4 Å². The topological polar surface area (TPSA) is 39.1 Å². The molecule has 0 unspecified atom stereocenters. The zero-order valence-corrected chi connectivity index (χ0v) is 13.8. The van der Waals surface area contributed by atoms with Crippen LogP contribution in [0, 0.1) is 0 Å². The second-order valence-corrected chi connectivity index (χ2v) is 5.67.